The number of hydrogen-bond acceptors (Lipinski definition) is 3. The predicted molar refractivity (Wildman–Crippen MR) is 129 cm³/mol. The predicted octanol–water partition coefficient (Wildman–Crippen LogP) is 7.03. The molecule has 154 valence electrons. The highest BCUT2D eigenvalue weighted by atomic mass is 79.9. The molecule has 1 aliphatic rings. The van der Waals surface area contributed by atoms with Crippen LogP contribution in [0, 0.1) is 6.92 Å². The van der Waals surface area contributed by atoms with Crippen LogP contribution < -0.4 is 10.3 Å². The quantitative estimate of drug-likeness (QED) is 0.265. The highest BCUT2D eigenvalue weighted by Gasteiger charge is 2.43. The minimum absolute atomic E-state index is 0.0569. The summed E-state index contributed by atoms with van der Waals surface area (Å²) in [5.74, 6) is -0.316. The molecule has 1 aromatic heterocycles. The number of halogens is 3. The number of hydrogen-bond donors (Lipinski definition) is 0. The number of rotatable bonds is 2. The molecule has 0 saturated carbocycles. The van der Waals surface area contributed by atoms with E-state index in [1.165, 1.54) is 0 Å². The highest BCUT2D eigenvalue weighted by molar-refractivity contribution is 9.10. The van der Waals surface area contributed by atoms with Gasteiger partial charge >= 0.3 is 0 Å². The maximum atomic E-state index is 13.6. The van der Waals surface area contributed by atoms with Gasteiger partial charge in [0.15, 0.2) is 5.43 Å². The zero-order valence-corrected chi connectivity index (χ0v) is 20.1. The smallest absolute Gasteiger partial charge is 0.295 e. The molecule has 4 aromatic rings. The van der Waals surface area contributed by atoms with Crippen LogP contribution in [-0.2, 0) is 0 Å². The molecule has 0 saturated heterocycles. The third-order valence-corrected chi connectivity index (χ3v) is 6.82. The molecule has 0 bridgehead atoms. The van der Waals surface area contributed by atoms with E-state index in [2.05, 4.69) is 31.9 Å². The van der Waals surface area contributed by atoms with E-state index < -0.39 is 6.04 Å². The molecule has 31 heavy (non-hydrogen) atoms. The molecule has 0 N–H and O–H groups in total. The minimum atomic E-state index is -0.640. The summed E-state index contributed by atoms with van der Waals surface area (Å²) in [6.07, 6.45) is 0. The molecule has 1 amide bonds. The molecule has 1 atom stereocenters. The summed E-state index contributed by atoms with van der Waals surface area (Å²) in [5, 5.41) is 0.965. The van der Waals surface area contributed by atoms with E-state index in [-0.39, 0.29) is 17.1 Å². The topological polar surface area (TPSA) is 50.5 Å². The second-order valence-electron chi connectivity index (χ2n) is 7.38. The van der Waals surface area contributed by atoms with E-state index in [0.29, 0.717) is 27.2 Å². The van der Waals surface area contributed by atoms with Crippen LogP contribution in [0.3, 0.4) is 0 Å². The molecule has 7 heteroatoms. The Labute approximate surface area is 199 Å². The minimum Gasteiger partial charge on any atom is -0.450 e. The summed E-state index contributed by atoms with van der Waals surface area (Å²) in [4.78, 5) is 28.7. The fraction of sp³-hybridized carbons (Fsp3) is 0.0833. The van der Waals surface area contributed by atoms with Crippen LogP contribution in [-0.4, -0.2) is 5.91 Å². The van der Waals surface area contributed by atoms with Crippen LogP contribution in [0.4, 0.5) is 5.69 Å². The summed E-state index contributed by atoms with van der Waals surface area (Å²) in [6, 6.07) is 17.5. The molecule has 1 unspecified atom stereocenters. The van der Waals surface area contributed by atoms with Gasteiger partial charge in [0.25, 0.3) is 5.91 Å². The van der Waals surface area contributed by atoms with Crippen molar-refractivity contribution in [2.75, 3.05) is 4.90 Å². The lowest BCUT2D eigenvalue weighted by atomic mass is 9.98. The number of amides is 1. The van der Waals surface area contributed by atoms with Crippen molar-refractivity contribution < 1.29 is 9.21 Å². The van der Waals surface area contributed by atoms with Crippen molar-refractivity contribution in [1.29, 1.82) is 0 Å². The van der Waals surface area contributed by atoms with E-state index in [0.717, 1.165) is 20.1 Å². The molecule has 5 rings (SSSR count). The van der Waals surface area contributed by atoms with Gasteiger partial charge in [-0.25, -0.2) is 0 Å². The lowest BCUT2D eigenvalue weighted by Gasteiger charge is -2.25. The maximum Gasteiger partial charge on any atom is 0.295 e. The van der Waals surface area contributed by atoms with Gasteiger partial charge < -0.3 is 4.42 Å². The first-order valence-corrected chi connectivity index (χ1v) is 11.4. The Morgan fingerprint density at radius 2 is 1.74 bits per heavy atom. The zero-order valence-electron chi connectivity index (χ0n) is 16.2. The molecule has 2 heterocycles. The number of carbonyl (C=O) groups excluding carboxylic acids is 1. The maximum absolute atomic E-state index is 13.6. The van der Waals surface area contributed by atoms with Gasteiger partial charge in [-0.3, -0.25) is 14.5 Å². The van der Waals surface area contributed by atoms with Crippen molar-refractivity contribution in [2.24, 2.45) is 0 Å². The number of anilines is 1. The molecule has 4 nitrogen and oxygen atoms in total. The number of fused-ring (bicyclic) bond motifs is 2. The van der Waals surface area contributed by atoms with Gasteiger partial charge in [0.1, 0.15) is 5.58 Å². The Morgan fingerprint density at radius 3 is 2.48 bits per heavy atom. The summed E-state index contributed by atoms with van der Waals surface area (Å²) < 4.78 is 7.59. The van der Waals surface area contributed by atoms with Gasteiger partial charge in [0.05, 0.1) is 17.0 Å². The highest BCUT2D eigenvalue weighted by Crippen LogP contribution is 2.42. The Balaban J connectivity index is 1.83. The van der Waals surface area contributed by atoms with Crippen LogP contribution in [0.15, 0.2) is 78.8 Å². The van der Waals surface area contributed by atoms with Crippen molar-refractivity contribution >= 4 is 66.0 Å². The van der Waals surface area contributed by atoms with Gasteiger partial charge in [0, 0.05) is 19.7 Å². The Morgan fingerprint density at radius 1 is 0.968 bits per heavy atom. The summed E-state index contributed by atoms with van der Waals surface area (Å²) >= 11 is 13.3. The van der Waals surface area contributed by atoms with Crippen molar-refractivity contribution in [3.05, 3.63) is 107 Å². The fourth-order valence-electron chi connectivity index (χ4n) is 3.94. The van der Waals surface area contributed by atoms with Crippen LogP contribution in [0.5, 0.6) is 0 Å². The average Bonchev–Trinajstić information content (AvgIpc) is 3.03. The molecular formula is C24H14Br2ClNO3. The van der Waals surface area contributed by atoms with Crippen molar-refractivity contribution in [2.45, 2.75) is 13.0 Å². The van der Waals surface area contributed by atoms with Gasteiger partial charge in [-0.1, -0.05) is 61.7 Å². The van der Waals surface area contributed by atoms with E-state index in [1.807, 2.05) is 43.3 Å². The van der Waals surface area contributed by atoms with Crippen molar-refractivity contribution in [3.8, 4) is 0 Å². The molecule has 3 aromatic carbocycles. The zero-order chi connectivity index (χ0) is 21.9. The lowest BCUT2D eigenvalue weighted by Crippen LogP contribution is -2.29. The second-order valence-corrected chi connectivity index (χ2v) is 9.62. The Kier molecular flexibility index (Phi) is 5.04. The van der Waals surface area contributed by atoms with Crippen LogP contribution in [0.1, 0.15) is 33.3 Å². The van der Waals surface area contributed by atoms with Gasteiger partial charge in [-0.05, 0) is 60.5 Å². The monoisotopic (exact) mass is 557 g/mol. The molecule has 0 radical (unpaired) electrons. The van der Waals surface area contributed by atoms with Gasteiger partial charge in [0.2, 0.25) is 5.76 Å². The normalized spacial score (nSPS) is 15.5. The molecular weight excluding hydrogens is 546 g/mol. The summed E-state index contributed by atoms with van der Waals surface area (Å²) in [6.45, 7) is 1.90. The van der Waals surface area contributed by atoms with Crippen LogP contribution in [0.2, 0.25) is 5.02 Å². The summed E-state index contributed by atoms with van der Waals surface area (Å²) in [5.41, 5.74) is 2.76. The third kappa shape index (κ3) is 3.34. The third-order valence-electron chi connectivity index (χ3n) is 5.43. The van der Waals surface area contributed by atoms with E-state index in [4.69, 9.17) is 16.0 Å². The molecule has 0 spiro atoms. The fourth-order valence-corrected chi connectivity index (χ4v) is 4.89. The van der Waals surface area contributed by atoms with E-state index in [9.17, 15) is 9.59 Å². The average molecular weight is 560 g/mol. The molecule has 0 fully saturated rings. The first kappa shape index (κ1) is 20.5. The second kappa shape index (κ2) is 7.62. The largest absolute Gasteiger partial charge is 0.450 e. The van der Waals surface area contributed by atoms with E-state index in [1.54, 1.807) is 29.2 Å². The summed E-state index contributed by atoms with van der Waals surface area (Å²) in [7, 11) is 0. The number of carbonyl (C=O) groups is 1. The molecule has 1 aliphatic heterocycles. The number of nitrogens with zero attached hydrogens (tertiary/aromatic N) is 1. The van der Waals surface area contributed by atoms with Crippen molar-refractivity contribution in [3.63, 3.8) is 0 Å². The first-order valence-electron chi connectivity index (χ1n) is 9.46. The molecule has 0 aliphatic carbocycles. The van der Waals surface area contributed by atoms with E-state index >= 15 is 0 Å². The SMILES string of the molecule is Cc1ccc(N2C(=O)c3oc4ccc(Br)cc4c(=O)c3C2c2cccc(Br)c2)cc1Cl. The van der Waals surface area contributed by atoms with Crippen LogP contribution >= 0.6 is 43.5 Å². The lowest BCUT2D eigenvalue weighted by molar-refractivity contribution is 0.0971. The Bertz CT molecular complexity index is 1450. The van der Waals surface area contributed by atoms with Gasteiger partial charge in [-0.2, -0.15) is 0 Å². The number of benzene rings is 3. The number of aryl methyl sites for hydroxylation is 1. The Hall–Kier alpha value is -2.41. The standard InChI is InChI=1S/C24H14Br2ClNO3/c1-12-5-7-16(11-18(12)27)28-21(13-3-2-4-14(25)9-13)20-22(29)17-10-15(26)6-8-19(17)31-23(20)24(28)30/h2-11,21H,1H3. The van der Waals surface area contributed by atoms with Gasteiger partial charge in [-0.15, -0.1) is 0 Å². The van der Waals surface area contributed by atoms with Crippen LogP contribution in [0.25, 0.3) is 11.0 Å². The van der Waals surface area contributed by atoms with Crippen molar-refractivity contribution in [1.82, 2.24) is 0 Å². The first-order chi connectivity index (χ1) is 14.8.